The summed E-state index contributed by atoms with van der Waals surface area (Å²) in [7, 11) is 7.06. The number of ether oxygens (including phenoxy) is 1. The van der Waals surface area contributed by atoms with Gasteiger partial charge < -0.3 is 19.9 Å². The number of halogens is 1. The Hall–Kier alpha value is -3.08. The van der Waals surface area contributed by atoms with Crippen molar-refractivity contribution in [2.45, 2.75) is 13.1 Å². The molecule has 176 valence electrons. The number of aliphatic imine (C=N–C) groups is 1. The van der Waals surface area contributed by atoms with Crippen molar-refractivity contribution >= 4 is 35.8 Å². The molecule has 0 spiro atoms. The van der Waals surface area contributed by atoms with Crippen LogP contribution in [-0.2, 0) is 17.9 Å². The zero-order valence-corrected chi connectivity index (χ0v) is 21.8. The van der Waals surface area contributed by atoms with Gasteiger partial charge in [0, 0.05) is 39.4 Å². The number of methoxy groups -OCH3 is 1. The quantitative estimate of drug-likeness (QED) is 0.260. The van der Waals surface area contributed by atoms with E-state index in [0.29, 0.717) is 19.0 Å². The molecule has 2 aromatic carbocycles. The Labute approximate surface area is 212 Å². The summed E-state index contributed by atoms with van der Waals surface area (Å²) in [4.78, 5) is 20.4. The van der Waals surface area contributed by atoms with Gasteiger partial charge in [0.1, 0.15) is 5.75 Å². The third-order valence-electron chi connectivity index (χ3n) is 4.91. The topological polar surface area (TPSA) is 75.0 Å². The third kappa shape index (κ3) is 7.77. The van der Waals surface area contributed by atoms with E-state index >= 15 is 0 Å². The predicted octanol–water partition coefficient (Wildman–Crippen LogP) is 3.16. The van der Waals surface area contributed by atoms with Crippen LogP contribution in [0.2, 0.25) is 0 Å². The molecule has 0 aliphatic rings. The van der Waals surface area contributed by atoms with Gasteiger partial charge in [-0.2, -0.15) is 5.10 Å². The van der Waals surface area contributed by atoms with E-state index in [-0.39, 0.29) is 36.4 Å². The van der Waals surface area contributed by atoms with E-state index in [0.717, 1.165) is 22.6 Å². The second-order valence-corrected chi connectivity index (χ2v) is 7.61. The number of rotatable bonds is 8. The fourth-order valence-electron chi connectivity index (χ4n) is 3.03. The maximum atomic E-state index is 12.1. The number of nitrogens with one attached hydrogen (secondary N) is 1. The van der Waals surface area contributed by atoms with E-state index < -0.39 is 0 Å². The fraction of sp³-hybridized carbons (Fsp3) is 0.292. The highest BCUT2D eigenvalue weighted by molar-refractivity contribution is 14.0. The molecule has 0 unspecified atom stereocenters. The number of benzene rings is 2. The summed E-state index contributed by atoms with van der Waals surface area (Å²) in [5.41, 5.74) is 3.09. The first-order chi connectivity index (χ1) is 15.5. The average Bonchev–Trinajstić information content (AvgIpc) is 3.28. The molecule has 3 aromatic rings. The molecule has 0 aliphatic carbocycles. The molecule has 33 heavy (non-hydrogen) atoms. The second-order valence-electron chi connectivity index (χ2n) is 7.61. The van der Waals surface area contributed by atoms with Crippen LogP contribution in [0, 0.1) is 0 Å². The lowest BCUT2D eigenvalue weighted by molar-refractivity contribution is -0.127. The largest absolute Gasteiger partial charge is 0.497 e. The van der Waals surface area contributed by atoms with Crippen molar-refractivity contribution in [2.24, 2.45) is 4.99 Å². The van der Waals surface area contributed by atoms with Crippen LogP contribution in [0.1, 0.15) is 11.1 Å². The van der Waals surface area contributed by atoms with E-state index in [1.165, 1.54) is 0 Å². The first kappa shape index (κ1) is 26.2. The predicted molar refractivity (Wildman–Crippen MR) is 141 cm³/mol. The lowest BCUT2D eigenvalue weighted by atomic mass is 10.2. The monoisotopic (exact) mass is 562 g/mol. The molecule has 0 saturated heterocycles. The smallest absolute Gasteiger partial charge is 0.241 e. The van der Waals surface area contributed by atoms with Crippen molar-refractivity contribution < 1.29 is 9.53 Å². The summed E-state index contributed by atoms with van der Waals surface area (Å²) < 4.78 is 7.06. The average molecular weight is 562 g/mol. The van der Waals surface area contributed by atoms with Crippen molar-refractivity contribution in [3.63, 3.8) is 0 Å². The van der Waals surface area contributed by atoms with Gasteiger partial charge in [-0.3, -0.25) is 4.79 Å². The summed E-state index contributed by atoms with van der Waals surface area (Å²) in [6, 6.07) is 17.8. The zero-order valence-electron chi connectivity index (χ0n) is 19.4. The number of likely N-dealkylation sites (N-methyl/N-ethyl adjacent to an activating group) is 1. The number of aromatic nitrogens is 2. The number of hydrogen-bond acceptors (Lipinski definition) is 4. The van der Waals surface area contributed by atoms with Crippen molar-refractivity contribution in [1.29, 1.82) is 0 Å². The molecule has 1 heterocycles. The number of guanidine groups is 1. The highest BCUT2D eigenvalue weighted by Crippen LogP contribution is 2.13. The first-order valence-electron chi connectivity index (χ1n) is 10.4. The van der Waals surface area contributed by atoms with Gasteiger partial charge in [-0.05, 0) is 29.8 Å². The number of amides is 1. The van der Waals surface area contributed by atoms with E-state index in [1.807, 2.05) is 83.6 Å². The molecular formula is C24H31IN6O2. The van der Waals surface area contributed by atoms with Gasteiger partial charge >= 0.3 is 0 Å². The van der Waals surface area contributed by atoms with E-state index in [4.69, 9.17) is 9.73 Å². The lowest BCUT2D eigenvalue weighted by Crippen LogP contribution is -2.43. The van der Waals surface area contributed by atoms with Crippen LogP contribution in [0.5, 0.6) is 5.75 Å². The van der Waals surface area contributed by atoms with Gasteiger partial charge in [-0.25, -0.2) is 9.67 Å². The Morgan fingerprint density at radius 1 is 1.06 bits per heavy atom. The van der Waals surface area contributed by atoms with Gasteiger partial charge in [0.2, 0.25) is 5.91 Å². The van der Waals surface area contributed by atoms with Crippen molar-refractivity contribution in [3.8, 4) is 11.4 Å². The highest BCUT2D eigenvalue weighted by Gasteiger charge is 2.12. The normalized spacial score (nSPS) is 10.8. The van der Waals surface area contributed by atoms with Crippen LogP contribution in [0.15, 0.2) is 72.0 Å². The highest BCUT2D eigenvalue weighted by atomic mass is 127. The van der Waals surface area contributed by atoms with Crippen molar-refractivity contribution in [1.82, 2.24) is 24.9 Å². The number of hydrogen-bond donors (Lipinski definition) is 1. The van der Waals surface area contributed by atoms with Crippen LogP contribution in [0.4, 0.5) is 0 Å². The fourth-order valence-corrected chi connectivity index (χ4v) is 3.03. The number of carbonyl (C=O) groups excluding carboxylic acids is 1. The molecule has 0 radical (unpaired) electrons. The zero-order chi connectivity index (χ0) is 22.9. The first-order valence-corrected chi connectivity index (χ1v) is 10.4. The summed E-state index contributed by atoms with van der Waals surface area (Å²) in [6.07, 6.45) is 3.84. The summed E-state index contributed by atoms with van der Waals surface area (Å²) in [5, 5.41) is 7.65. The van der Waals surface area contributed by atoms with Crippen molar-refractivity contribution in [3.05, 3.63) is 78.1 Å². The molecule has 0 aliphatic heterocycles. The third-order valence-corrected chi connectivity index (χ3v) is 4.91. The molecule has 1 amide bonds. The Morgan fingerprint density at radius 2 is 1.76 bits per heavy atom. The SMILES string of the molecule is COc1ccc(CN=C(NCC(=O)N(C)C)N(C)Cc2cnn(-c3ccccc3)c2)cc1.I. The Morgan fingerprint density at radius 3 is 2.39 bits per heavy atom. The van der Waals surface area contributed by atoms with Crippen LogP contribution < -0.4 is 10.1 Å². The van der Waals surface area contributed by atoms with Crippen LogP contribution in [0.3, 0.4) is 0 Å². The van der Waals surface area contributed by atoms with Gasteiger partial charge in [-0.15, -0.1) is 24.0 Å². The van der Waals surface area contributed by atoms with Gasteiger partial charge in [0.15, 0.2) is 5.96 Å². The minimum absolute atomic E-state index is 0. The molecule has 0 bridgehead atoms. The number of para-hydroxylation sites is 1. The molecule has 3 rings (SSSR count). The Bertz CT molecular complexity index is 1030. The van der Waals surface area contributed by atoms with Gasteiger partial charge in [0.05, 0.1) is 32.1 Å². The molecule has 1 N–H and O–H groups in total. The molecule has 9 heteroatoms. The van der Waals surface area contributed by atoms with Gasteiger partial charge in [0.25, 0.3) is 0 Å². The lowest BCUT2D eigenvalue weighted by Gasteiger charge is -2.22. The van der Waals surface area contributed by atoms with Crippen LogP contribution in [0.25, 0.3) is 5.69 Å². The molecule has 1 aromatic heterocycles. The minimum Gasteiger partial charge on any atom is -0.497 e. The Kier molecular flexibility index (Phi) is 10.2. The standard InChI is InChI=1S/C24H30N6O2.HI/c1-28(2)23(31)16-26-24(25-14-19-10-12-22(32-4)13-11-19)29(3)17-20-15-27-30(18-20)21-8-6-5-7-9-21;/h5-13,15,18H,14,16-17H2,1-4H3,(H,25,26);1H. The minimum atomic E-state index is -0.0209. The number of nitrogens with zero attached hydrogens (tertiary/aromatic N) is 5. The van der Waals surface area contributed by atoms with Crippen LogP contribution >= 0.6 is 24.0 Å². The summed E-state index contributed by atoms with van der Waals surface area (Å²) in [5.74, 6) is 1.43. The molecule has 0 saturated carbocycles. The maximum Gasteiger partial charge on any atom is 0.241 e. The molecule has 8 nitrogen and oxygen atoms in total. The van der Waals surface area contributed by atoms with E-state index in [9.17, 15) is 4.79 Å². The van der Waals surface area contributed by atoms with E-state index in [2.05, 4.69) is 10.4 Å². The van der Waals surface area contributed by atoms with E-state index in [1.54, 1.807) is 26.1 Å². The summed E-state index contributed by atoms with van der Waals surface area (Å²) >= 11 is 0. The Balaban J connectivity index is 0.00000385. The second kappa shape index (κ2) is 12.8. The van der Waals surface area contributed by atoms with Gasteiger partial charge in [-0.1, -0.05) is 30.3 Å². The molecule has 0 atom stereocenters. The maximum absolute atomic E-state index is 12.1. The van der Waals surface area contributed by atoms with Crippen molar-refractivity contribution in [2.75, 3.05) is 34.8 Å². The molecule has 0 fully saturated rings. The summed E-state index contributed by atoms with van der Waals surface area (Å²) in [6.45, 7) is 1.25. The number of carbonyl (C=O) groups is 1. The van der Waals surface area contributed by atoms with Crippen LogP contribution in [-0.4, -0.2) is 66.2 Å². The molecular weight excluding hydrogens is 531 g/mol.